The van der Waals surface area contributed by atoms with Crippen molar-refractivity contribution in [2.45, 2.75) is 31.0 Å². The van der Waals surface area contributed by atoms with Gasteiger partial charge in [0.1, 0.15) is 5.60 Å². The van der Waals surface area contributed by atoms with Crippen molar-refractivity contribution in [3.05, 3.63) is 24.3 Å². The average Bonchev–Trinajstić information content (AvgIpc) is 2.60. The molecule has 2 aliphatic heterocycles. The molecule has 3 unspecified atom stereocenters. The molecule has 2 fully saturated rings. The summed E-state index contributed by atoms with van der Waals surface area (Å²) in [6.45, 7) is 4.04. The van der Waals surface area contributed by atoms with E-state index in [9.17, 15) is 4.79 Å². The first kappa shape index (κ1) is 7.51. The first-order valence-corrected chi connectivity index (χ1v) is 4.83. The van der Waals surface area contributed by atoms with Gasteiger partial charge in [0.05, 0.1) is 6.10 Å². The van der Waals surface area contributed by atoms with Crippen molar-refractivity contribution in [3.8, 4) is 0 Å². The molecule has 0 aromatic rings. The fourth-order valence-electron chi connectivity index (χ4n) is 2.93. The van der Waals surface area contributed by atoms with Crippen LogP contribution in [0.1, 0.15) is 19.3 Å². The summed E-state index contributed by atoms with van der Waals surface area (Å²) in [6.07, 6.45) is 6.59. The SMILES string of the molecule is C=C1C2C=CC(=O)C3(CCCC13)O2. The molecule has 1 spiro atoms. The fourth-order valence-corrected chi connectivity index (χ4v) is 2.93. The number of hydrogen-bond acceptors (Lipinski definition) is 2. The van der Waals surface area contributed by atoms with Gasteiger partial charge in [0.15, 0.2) is 5.78 Å². The largest absolute Gasteiger partial charge is 0.355 e. The number of hydrogen-bond donors (Lipinski definition) is 0. The number of fused-ring (bicyclic) bond motifs is 1. The van der Waals surface area contributed by atoms with Gasteiger partial charge in [-0.15, -0.1) is 0 Å². The molecule has 1 saturated heterocycles. The Morgan fingerprint density at radius 3 is 3.31 bits per heavy atom. The Hall–Kier alpha value is -0.890. The van der Waals surface area contributed by atoms with Crippen molar-refractivity contribution in [2.75, 3.05) is 0 Å². The Morgan fingerprint density at radius 1 is 1.62 bits per heavy atom. The molecule has 68 valence electrons. The quantitative estimate of drug-likeness (QED) is 0.524. The fraction of sp³-hybridized carbons (Fsp3) is 0.545. The van der Waals surface area contributed by atoms with Crippen LogP contribution in [0.2, 0.25) is 0 Å². The monoisotopic (exact) mass is 176 g/mol. The Bertz CT molecular complexity index is 329. The van der Waals surface area contributed by atoms with Crippen molar-refractivity contribution in [1.29, 1.82) is 0 Å². The maximum atomic E-state index is 11.7. The molecule has 2 heterocycles. The highest BCUT2D eigenvalue weighted by Crippen LogP contribution is 2.52. The topological polar surface area (TPSA) is 26.3 Å². The van der Waals surface area contributed by atoms with Gasteiger partial charge in [0, 0.05) is 5.92 Å². The zero-order valence-electron chi connectivity index (χ0n) is 7.45. The second kappa shape index (κ2) is 2.13. The van der Waals surface area contributed by atoms with E-state index >= 15 is 0 Å². The first-order chi connectivity index (χ1) is 6.24. The molecule has 0 N–H and O–H groups in total. The van der Waals surface area contributed by atoms with Gasteiger partial charge in [-0.05, 0) is 37.0 Å². The molecule has 2 bridgehead atoms. The molecule has 1 saturated carbocycles. The highest BCUT2D eigenvalue weighted by atomic mass is 16.5. The maximum Gasteiger partial charge on any atom is 0.187 e. The molecule has 1 aliphatic carbocycles. The van der Waals surface area contributed by atoms with Gasteiger partial charge in [-0.2, -0.15) is 0 Å². The predicted molar refractivity (Wildman–Crippen MR) is 48.2 cm³/mol. The molecule has 3 aliphatic rings. The molecule has 2 nitrogen and oxygen atoms in total. The van der Waals surface area contributed by atoms with Gasteiger partial charge < -0.3 is 4.74 Å². The van der Waals surface area contributed by atoms with Crippen LogP contribution in [0.5, 0.6) is 0 Å². The zero-order valence-corrected chi connectivity index (χ0v) is 7.45. The summed E-state index contributed by atoms with van der Waals surface area (Å²) in [5, 5.41) is 0. The van der Waals surface area contributed by atoms with Crippen LogP contribution in [0.25, 0.3) is 0 Å². The van der Waals surface area contributed by atoms with E-state index in [0.29, 0.717) is 5.92 Å². The highest BCUT2D eigenvalue weighted by Gasteiger charge is 2.58. The van der Waals surface area contributed by atoms with Crippen molar-refractivity contribution >= 4 is 5.78 Å². The van der Waals surface area contributed by atoms with E-state index in [1.165, 1.54) is 0 Å². The second-order valence-corrected chi connectivity index (χ2v) is 4.17. The Kier molecular flexibility index (Phi) is 1.23. The van der Waals surface area contributed by atoms with Gasteiger partial charge in [0.2, 0.25) is 0 Å². The number of rotatable bonds is 0. The number of ketones is 1. The van der Waals surface area contributed by atoms with Crippen molar-refractivity contribution in [3.63, 3.8) is 0 Å². The minimum absolute atomic E-state index is 0.0167. The Balaban J connectivity index is 2.16. The third kappa shape index (κ3) is 0.707. The van der Waals surface area contributed by atoms with Crippen molar-refractivity contribution in [2.24, 2.45) is 5.92 Å². The lowest BCUT2D eigenvalue weighted by atomic mass is 9.85. The molecule has 0 radical (unpaired) electrons. The van der Waals surface area contributed by atoms with Gasteiger partial charge in [-0.1, -0.05) is 6.58 Å². The second-order valence-electron chi connectivity index (χ2n) is 4.17. The summed E-state index contributed by atoms with van der Waals surface area (Å²) in [4.78, 5) is 11.7. The summed E-state index contributed by atoms with van der Waals surface area (Å²) >= 11 is 0. The normalized spacial score (nSPS) is 47.1. The van der Waals surface area contributed by atoms with Crippen LogP contribution in [-0.2, 0) is 9.53 Å². The highest BCUT2D eigenvalue weighted by molar-refractivity contribution is 5.99. The van der Waals surface area contributed by atoms with Crippen LogP contribution in [0.4, 0.5) is 0 Å². The van der Waals surface area contributed by atoms with Crippen LogP contribution in [-0.4, -0.2) is 17.5 Å². The summed E-state index contributed by atoms with van der Waals surface area (Å²) in [6, 6.07) is 0. The molecular weight excluding hydrogens is 164 g/mol. The predicted octanol–water partition coefficient (Wildman–Crippen LogP) is 1.62. The molecule has 3 rings (SSSR count). The number of ether oxygens (including phenoxy) is 1. The van der Waals surface area contributed by atoms with Crippen LogP contribution in [0, 0.1) is 5.92 Å². The smallest absolute Gasteiger partial charge is 0.187 e. The van der Waals surface area contributed by atoms with Crippen molar-refractivity contribution in [1.82, 2.24) is 0 Å². The molecule has 0 aromatic carbocycles. The lowest BCUT2D eigenvalue weighted by molar-refractivity contribution is -0.140. The van der Waals surface area contributed by atoms with E-state index in [-0.39, 0.29) is 11.9 Å². The molecule has 0 amide bonds. The molecule has 0 aromatic heterocycles. The van der Waals surface area contributed by atoms with Crippen LogP contribution < -0.4 is 0 Å². The molecule has 13 heavy (non-hydrogen) atoms. The summed E-state index contributed by atoms with van der Waals surface area (Å²) in [5.41, 5.74) is 0.621. The summed E-state index contributed by atoms with van der Waals surface area (Å²) < 4.78 is 5.80. The van der Waals surface area contributed by atoms with Gasteiger partial charge in [-0.25, -0.2) is 0 Å². The molecular formula is C11H12O2. The minimum atomic E-state index is -0.490. The van der Waals surface area contributed by atoms with Gasteiger partial charge in [-0.3, -0.25) is 4.79 Å². The Morgan fingerprint density at radius 2 is 2.46 bits per heavy atom. The third-order valence-electron chi connectivity index (χ3n) is 3.59. The summed E-state index contributed by atoms with van der Waals surface area (Å²) in [5.74, 6) is 0.449. The van der Waals surface area contributed by atoms with Crippen LogP contribution in [0.15, 0.2) is 24.3 Å². The Labute approximate surface area is 77.3 Å². The zero-order chi connectivity index (χ0) is 9.05. The average molecular weight is 176 g/mol. The van der Waals surface area contributed by atoms with E-state index < -0.39 is 5.60 Å². The van der Waals surface area contributed by atoms with E-state index in [4.69, 9.17) is 4.74 Å². The van der Waals surface area contributed by atoms with E-state index in [2.05, 4.69) is 6.58 Å². The van der Waals surface area contributed by atoms with Crippen LogP contribution >= 0.6 is 0 Å². The minimum Gasteiger partial charge on any atom is -0.355 e. The van der Waals surface area contributed by atoms with Gasteiger partial charge in [0.25, 0.3) is 0 Å². The number of carbonyl (C=O) groups is 1. The number of carbonyl (C=O) groups excluding carboxylic acids is 1. The molecule has 2 heteroatoms. The van der Waals surface area contributed by atoms with Crippen LogP contribution in [0.3, 0.4) is 0 Å². The van der Waals surface area contributed by atoms with E-state index in [1.54, 1.807) is 6.08 Å². The first-order valence-electron chi connectivity index (χ1n) is 4.83. The van der Waals surface area contributed by atoms with E-state index in [1.807, 2.05) is 6.08 Å². The summed E-state index contributed by atoms with van der Waals surface area (Å²) in [7, 11) is 0. The van der Waals surface area contributed by atoms with Crippen molar-refractivity contribution < 1.29 is 9.53 Å². The standard InChI is InChI=1S/C11H12O2/c1-7-8-3-2-6-11(8)10(12)5-4-9(7)13-11/h4-5,8-9H,1-3,6H2. The van der Waals surface area contributed by atoms with Gasteiger partial charge >= 0.3 is 0 Å². The molecule has 3 atom stereocenters. The third-order valence-corrected chi connectivity index (χ3v) is 3.59. The lowest BCUT2D eigenvalue weighted by Gasteiger charge is -2.27. The lowest BCUT2D eigenvalue weighted by Crippen LogP contribution is -2.41. The maximum absolute atomic E-state index is 11.7. The van der Waals surface area contributed by atoms with E-state index in [0.717, 1.165) is 24.8 Å².